The molecular formula is C23H27N5O2S. The van der Waals surface area contributed by atoms with E-state index in [0.29, 0.717) is 16.6 Å². The number of hydrogen-bond donors (Lipinski definition) is 2. The highest BCUT2D eigenvalue weighted by molar-refractivity contribution is 8.00. The number of anilines is 1. The summed E-state index contributed by atoms with van der Waals surface area (Å²) in [4.78, 5) is 13.4. The molecule has 2 atom stereocenters. The van der Waals surface area contributed by atoms with E-state index in [1.807, 2.05) is 28.9 Å². The predicted molar refractivity (Wildman–Crippen MR) is 123 cm³/mol. The Morgan fingerprint density at radius 3 is 2.65 bits per heavy atom. The van der Waals surface area contributed by atoms with Crippen LogP contribution in [-0.4, -0.2) is 33.1 Å². The number of amides is 1. The molecule has 0 fully saturated rings. The Bertz CT molecular complexity index is 1050. The third kappa shape index (κ3) is 4.39. The second-order valence-corrected chi connectivity index (χ2v) is 8.52. The van der Waals surface area contributed by atoms with Crippen molar-refractivity contribution in [1.82, 2.24) is 14.9 Å². The van der Waals surface area contributed by atoms with Gasteiger partial charge in [-0.1, -0.05) is 62.0 Å². The lowest BCUT2D eigenvalue weighted by atomic mass is 10.0. The third-order valence-corrected chi connectivity index (χ3v) is 6.56. The second kappa shape index (κ2) is 9.43. The van der Waals surface area contributed by atoms with Crippen molar-refractivity contribution in [1.29, 1.82) is 0 Å². The number of aromatic nitrogens is 3. The van der Waals surface area contributed by atoms with E-state index in [1.54, 1.807) is 7.11 Å². The van der Waals surface area contributed by atoms with Gasteiger partial charge in [0.15, 0.2) is 5.82 Å². The largest absolute Gasteiger partial charge is 0.495 e. The highest BCUT2D eigenvalue weighted by Crippen LogP contribution is 2.38. The van der Waals surface area contributed by atoms with E-state index in [9.17, 15) is 4.79 Å². The molecule has 0 saturated heterocycles. The smallest absolute Gasteiger partial charge is 0.240 e. The number of fused-ring (bicyclic) bond motifs is 1. The van der Waals surface area contributed by atoms with Gasteiger partial charge in [-0.25, -0.2) is 4.68 Å². The molecule has 0 saturated carbocycles. The Hall–Kier alpha value is -3.00. The molecule has 1 aromatic heterocycles. The molecule has 2 aromatic carbocycles. The fourth-order valence-electron chi connectivity index (χ4n) is 3.65. The summed E-state index contributed by atoms with van der Waals surface area (Å²) < 4.78 is 7.32. The Morgan fingerprint density at radius 2 is 1.94 bits per heavy atom. The Labute approximate surface area is 186 Å². The SMILES string of the molecule is CCCc1nnc2n1N[C@@H](c1ccc(CC)cc1)[C@H](C(=O)Nc1ccccc1OC)S2. The topological polar surface area (TPSA) is 81.1 Å². The second-order valence-electron chi connectivity index (χ2n) is 7.41. The van der Waals surface area contributed by atoms with Crippen LogP contribution < -0.4 is 15.5 Å². The third-order valence-electron chi connectivity index (χ3n) is 5.35. The number of thioether (sulfide) groups is 1. The minimum absolute atomic E-state index is 0.113. The normalized spacial score (nSPS) is 17.5. The molecule has 4 rings (SSSR count). The number of rotatable bonds is 7. The first-order chi connectivity index (χ1) is 15.1. The maximum absolute atomic E-state index is 13.4. The zero-order valence-electron chi connectivity index (χ0n) is 18.0. The molecular weight excluding hydrogens is 410 g/mol. The van der Waals surface area contributed by atoms with Gasteiger partial charge in [0.05, 0.1) is 18.8 Å². The molecule has 3 aromatic rings. The molecule has 1 aliphatic heterocycles. The van der Waals surface area contributed by atoms with Crippen LogP contribution >= 0.6 is 11.8 Å². The number of methoxy groups -OCH3 is 1. The van der Waals surface area contributed by atoms with Crippen LogP contribution in [-0.2, 0) is 17.6 Å². The Kier molecular flexibility index (Phi) is 6.46. The minimum atomic E-state index is -0.427. The van der Waals surface area contributed by atoms with Crippen LogP contribution in [0.4, 0.5) is 5.69 Å². The molecule has 0 bridgehead atoms. The fraction of sp³-hybridized carbons (Fsp3) is 0.348. The fourth-order valence-corrected chi connectivity index (χ4v) is 4.75. The molecule has 31 heavy (non-hydrogen) atoms. The van der Waals surface area contributed by atoms with Crippen LogP contribution in [0.2, 0.25) is 0 Å². The number of aryl methyl sites for hydroxylation is 2. The van der Waals surface area contributed by atoms with E-state index >= 15 is 0 Å². The summed E-state index contributed by atoms with van der Waals surface area (Å²) >= 11 is 1.43. The number of carbonyl (C=O) groups is 1. The highest BCUT2D eigenvalue weighted by atomic mass is 32.2. The number of benzene rings is 2. The highest BCUT2D eigenvalue weighted by Gasteiger charge is 2.38. The number of para-hydroxylation sites is 2. The van der Waals surface area contributed by atoms with Gasteiger partial charge < -0.3 is 15.5 Å². The summed E-state index contributed by atoms with van der Waals surface area (Å²) in [6, 6.07) is 15.6. The summed E-state index contributed by atoms with van der Waals surface area (Å²) in [6.07, 6.45) is 2.76. The van der Waals surface area contributed by atoms with Gasteiger partial charge in [-0.3, -0.25) is 4.79 Å². The zero-order valence-corrected chi connectivity index (χ0v) is 18.8. The molecule has 7 nitrogen and oxygen atoms in total. The van der Waals surface area contributed by atoms with Gasteiger partial charge >= 0.3 is 0 Å². The van der Waals surface area contributed by atoms with Crippen molar-refractivity contribution < 1.29 is 9.53 Å². The molecule has 0 aliphatic carbocycles. The lowest BCUT2D eigenvalue weighted by Crippen LogP contribution is -2.41. The van der Waals surface area contributed by atoms with Crippen LogP contribution in [0.5, 0.6) is 5.75 Å². The van der Waals surface area contributed by atoms with Crippen LogP contribution in [0.1, 0.15) is 43.3 Å². The summed E-state index contributed by atoms with van der Waals surface area (Å²) in [6.45, 7) is 4.25. The van der Waals surface area contributed by atoms with Gasteiger partial charge in [0.2, 0.25) is 11.1 Å². The van der Waals surface area contributed by atoms with Gasteiger partial charge in [-0.2, -0.15) is 0 Å². The van der Waals surface area contributed by atoms with Crippen molar-refractivity contribution >= 4 is 23.4 Å². The maximum atomic E-state index is 13.4. The number of hydrogen-bond acceptors (Lipinski definition) is 6. The molecule has 1 amide bonds. The van der Waals surface area contributed by atoms with E-state index < -0.39 is 5.25 Å². The lowest BCUT2D eigenvalue weighted by molar-refractivity contribution is -0.116. The molecule has 2 N–H and O–H groups in total. The Balaban J connectivity index is 1.67. The number of carbonyl (C=O) groups excluding carboxylic acids is 1. The Morgan fingerprint density at radius 1 is 1.16 bits per heavy atom. The maximum Gasteiger partial charge on any atom is 0.240 e. The summed E-state index contributed by atoms with van der Waals surface area (Å²) in [7, 11) is 1.59. The number of nitrogens with zero attached hydrogens (tertiary/aromatic N) is 3. The molecule has 0 unspecified atom stereocenters. The van der Waals surface area contributed by atoms with E-state index in [1.165, 1.54) is 17.3 Å². The average Bonchev–Trinajstić information content (AvgIpc) is 3.20. The van der Waals surface area contributed by atoms with Crippen LogP contribution in [0, 0.1) is 0 Å². The number of nitrogens with one attached hydrogen (secondary N) is 2. The van der Waals surface area contributed by atoms with Gasteiger partial charge in [0.25, 0.3) is 0 Å². The molecule has 2 heterocycles. The molecule has 0 spiro atoms. The van der Waals surface area contributed by atoms with Crippen molar-refractivity contribution in [2.45, 2.75) is 49.6 Å². The van der Waals surface area contributed by atoms with Crippen LogP contribution in [0.25, 0.3) is 0 Å². The summed E-state index contributed by atoms with van der Waals surface area (Å²) in [5.41, 5.74) is 6.47. The molecule has 0 radical (unpaired) electrons. The lowest BCUT2D eigenvalue weighted by Gasteiger charge is -2.33. The van der Waals surface area contributed by atoms with E-state index in [4.69, 9.17) is 4.74 Å². The molecule has 162 valence electrons. The predicted octanol–water partition coefficient (Wildman–Crippen LogP) is 4.20. The first kappa shape index (κ1) is 21.2. The molecule has 8 heteroatoms. The minimum Gasteiger partial charge on any atom is -0.495 e. The first-order valence-corrected chi connectivity index (χ1v) is 11.4. The monoisotopic (exact) mass is 437 g/mol. The van der Waals surface area contributed by atoms with Crippen molar-refractivity contribution in [3.05, 3.63) is 65.5 Å². The van der Waals surface area contributed by atoms with Gasteiger partial charge in [0, 0.05) is 6.42 Å². The van der Waals surface area contributed by atoms with Crippen molar-refractivity contribution in [3.63, 3.8) is 0 Å². The van der Waals surface area contributed by atoms with E-state index in [-0.39, 0.29) is 11.9 Å². The first-order valence-electron chi connectivity index (χ1n) is 10.5. The molecule has 1 aliphatic rings. The van der Waals surface area contributed by atoms with Crippen molar-refractivity contribution in [2.75, 3.05) is 17.9 Å². The quantitative estimate of drug-likeness (QED) is 0.577. The van der Waals surface area contributed by atoms with Crippen LogP contribution in [0.15, 0.2) is 53.7 Å². The van der Waals surface area contributed by atoms with Crippen LogP contribution in [0.3, 0.4) is 0 Å². The van der Waals surface area contributed by atoms with Crippen molar-refractivity contribution in [2.24, 2.45) is 0 Å². The number of ether oxygens (including phenoxy) is 1. The average molecular weight is 438 g/mol. The van der Waals surface area contributed by atoms with Gasteiger partial charge in [0.1, 0.15) is 11.0 Å². The van der Waals surface area contributed by atoms with E-state index in [2.05, 4.69) is 59.1 Å². The summed E-state index contributed by atoms with van der Waals surface area (Å²) in [5.74, 6) is 1.39. The standard InChI is InChI=1S/C23H27N5O2S/c1-4-8-19-25-26-23-28(19)27-20(16-13-11-15(5-2)12-14-16)21(31-23)22(29)24-17-9-6-7-10-18(17)30-3/h6-7,9-14,20-21,27H,4-5,8H2,1-3H3,(H,24,29)/t20-,21+/m0/s1. The summed E-state index contributed by atoms with van der Waals surface area (Å²) in [5, 5.41) is 11.9. The van der Waals surface area contributed by atoms with E-state index in [0.717, 1.165) is 30.7 Å². The van der Waals surface area contributed by atoms with Crippen molar-refractivity contribution in [3.8, 4) is 5.75 Å². The van der Waals surface area contributed by atoms with Gasteiger partial charge in [-0.05, 0) is 36.1 Å². The van der Waals surface area contributed by atoms with Gasteiger partial charge in [-0.15, -0.1) is 10.2 Å². The zero-order chi connectivity index (χ0) is 21.8.